The second-order valence-corrected chi connectivity index (χ2v) is 5.30. The molecular weight excluding hydrogens is 323 g/mol. The minimum Gasteiger partial charge on any atom is -0.494 e. The lowest BCUT2D eigenvalue weighted by Crippen LogP contribution is -1.93. The highest BCUT2D eigenvalue weighted by molar-refractivity contribution is 6.37. The summed E-state index contributed by atoms with van der Waals surface area (Å²) in [6.45, 7) is 0. The van der Waals surface area contributed by atoms with Crippen molar-refractivity contribution < 1.29 is 4.74 Å². The zero-order chi connectivity index (χ0) is 15.5. The van der Waals surface area contributed by atoms with Crippen LogP contribution in [0.15, 0.2) is 41.5 Å². The molecule has 3 aromatic rings. The third-order valence-corrected chi connectivity index (χ3v) is 3.56. The molecule has 7 heteroatoms. The fourth-order valence-corrected chi connectivity index (χ4v) is 2.68. The van der Waals surface area contributed by atoms with E-state index in [0.29, 0.717) is 21.7 Å². The first-order chi connectivity index (χ1) is 10.7. The van der Waals surface area contributed by atoms with E-state index in [4.69, 9.17) is 27.9 Å². The van der Waals surface area contributed by atoms with Gasteiger partial charge in [-0.05, 0) is 29.8 Å². The number of fused-ring (bicyclic) bond motifs is 1. The Hall–Kier alpha value is -2.24. The molecule has 0 aliphatic heterocycles. The summed E-state index contributed by atoms with van der Waals surface area (Å²) in [5.74, 6) is 1.01. The van der Waals surface area contributed by atoms with Gasteiger partial charge in [0, 0.05) is 0 Å². The predicted octanol–water partition coefficient (Wildman–Crippen LogP) is 4.32. The molecule has 112 valence electrons. The van der Waals surface area contributed by atoms with Crippen LogP contribution in [0.3, 0.4) is 0 Å². The molecule has 5 nitrogen and oxygen atoms in total. The van der Waals surface area contributed by atoms with Gasteiger partial charge >= 0.3 is 0 Å². The Morgan fingerprint density at radius 1 is 1.23 bits per heavy atom. The van der Waals surface area contributed by atoms with Crippen LogP contribution >= 0.6 is 23.2 Å². The highest BCUT2D eigenvalue weighted by Gasteiger charge is 2.07. The first-order valence-corrected chi connectivity index (χ1v) is 7.20. The zero-order valence-corrected chi connectivity index (χ0v) is 13.1. The summed E-state index contributed by atoms with van der Waals surface area (Å²) in [7, 11) is 1.52. The standard InChI is InChI=1S/C15H12Cl2N4O/c1-22-14-10(16)6-9(7-11(14)17)8-18-21-15-19-12-4-2-3-5-13(12)20-15/h2-8H,1H3,(H2,19,20,21)/b18-8-. The molecule has 0 saturated carbocycles. The van der Waals surface area contributed by atoms with E-state index in [9.17, 15) is 0 Å². The quantitative estimate of drug-likeness (QED) is 0.551. The highest BCUT2D eigenvalue weighted by atomic mass is 35.5. The summed E-state index contributed by atoms with van der Waals surface area (Å²) < 4.78 is 5.10. The maximum atomic E-state index is 6.07. The van der Waals surface area contributed by atoms with Gasteiger partial charge in [0.05, 0.1) is 34.4 Å². The molecule has 3 rings (SSSR count). The van der Waals surface area contributed by atoms with Crippen LogP contribution < -0.4 is 10.2 Å². The Balaban J connectivity index is 1.77. The van der Waals surface area contributed by atoms with Gasteiger partial charge < -0.3 is 9.72 Å². The number of imidazole rings is 1. The third-order valence-electron chi connectivity index (χ3n) is 3.00. The SMILES string of the molecule is COc1c(Cl)cc(/C=N\Nc2nc3ccccc3[nH]2)cc1Cl. The van der Waals surface area contributed by atoms with Crippen LogP contribution in [-0.4, -0.2) is 23.3 Å². The van der Waals surface area contributed by atoms with Gasteiger partial charge in [0.2, 0.25) is 5.95 Å². The van der Waals surface area contributed by atoms with E-state index in [-0.39, 0.29) is 0 Å². The van der Waals surface area contributed by atoms with E-state index in [1.165, 1.54) is 7.11 Å². The van der Waals surface area contributed by atoms with Crippen molar-refractivity contribution in [1.82, 2.24) is 9.97 Å². The number of halogens is 2. The van der Waals surface area contributed by atoms with Crippen molar-refractivity contribution in [2.45, 2.75) is 0 Å². The Morgan fingerprint density at radius 3 is 2.64 bits per heavy atom. The average Bonchev–Trinajstić information content (AvgIpc) is 2.89. The Morgan fingerprint density at radius 2 is 1.95 bits per heavy atom. The summed E-state index contributed by atoms with van der Waals surface area (Å²) in [5, 5.41) is 4.98. The van der Waals surface area contributed by atoms with Gasteiger partial charge in [-0.1, -0.05) is 35.3 Å². The van der Waals surface area contributed by atoms with Crippen LogP contribution in [0.5, 0.6) is 5.75 Å². The van der Waals surface area contributed by atoms with Gasteiger partial charge in [0.1, 0.15) is 0 Å². The van der Waals surface area contributed by atoms with Crippen molar-refractivity contribution in [2.75, 3.05) is 12.5 Å². The topological polar surface area (TPSA) is 62.3 Å². The lowest BCUT2D eigenvalue weighted by atomic mass is 10.2. The molecule has 1 aromatic heterocycles. The zero-order valence-electron chi connectivity index (χ0n) is 11.6. The van der Waals surface area contributed by atoms with Crippen molar-refractivity contribution in [2.24, 2.45) is 5.10 Å². The maximum Gasteiger partial charge on any atom is 0.222 e. The number of methoxy groups -OCH3 is 1. The number of nitrogens with one attached hydrogen (secondary N) is 2. The molecule has 2 aromatic carbocycles. The molecule has 0 aliphatic rings. The number of nitrogens with zero attached hydrogens (tertiary/aromatic N) is 2. The molecule has 1 heterocycles. The molecule has 0 saturated heterocycles. The Bertz CT molecular complexity index is 788. The van der Waals surface area contributed by atoms with Crippen LogP contribution in [-0.2, 0) is 0 Å². The van der Waals surface area contributed by atoms with Gasteiger partial charge in [-0.2, -0.15) is 5.10 Å². The maximum absolute atomic E-state index is 6.07. The van der Waals surface area contributed by atoms with E-state index >= 15 is 0 Å². The number of anilines is 1. The highest BCUT2D eigenvalue weighted by Crippen LogP contribution is 2.33. The second-order valence-electron chi connectivity index (χ2n) is 4.49. The number of ether oxygens (including phenoxy) is 1. The number of hydrazone groups is 1. The van der Waals surface area contributed by atoms with E-state index in [1.807, 2.05) is 24.3 Å². The summed E-state index contributed by atoms with van der Waals surface area (Å²) in [5.41, 5.74) is 5.40. The number of hydrogen-bond donors (Lipinski definition) is 2. The van der Waals surface area contributed by atoms with E-state index in [0.717, 1.165) is 16.6 Å². The molecule has 0 fully saturated rings. The van der Waals surface area contributed by atoms with Gasteiger partial charge in [0.25, 0.3) is 0 Å². The normalized spacial score (nSPS) is 11.2. The fourth-order valence-electron chi connectivity index (χ4n) is 2.02. The molecular formula is C15H12Cl2N4O. The number of H-pyrrole nitrogens is 1. The average molecular weight is 335 g/mol. The number of hydrogen-bond acceptors (Lipinski definition) is 4. The van der Waals surface area contributed by atoms with E-state index in [1.54, 1.807) is 18.3 Å². The number of rotatable bonds is 4. The number of para-hydroxylation sites is 2. The first-order valence-electron chi connectivity index (χ1n) is 6.44. The van der Waals surface area contributed by atoms with Gasteiger partial charge in [-0.3, -0.25) is 0 Å². The molecule has 0 radical (unpaired) electrons. The van der Waals surface area contributed by atoms with Crippen LogP contribution in [0, 0.1) is 0 Å². The molecule has 0 aliphatic carbocycles. The van der Waals surface area contributed by atoms with E-state index in [2.05, 4.69) is 20.5 Å². The minimum absolute atomic E-state index is 0.431. The summed E-state index contributed by atoms with van der Waals surface area (Å²) >= 11 is 12.1. The molecule has 0 unspecified atom stereocenters. The molecule has 0 amide bonds. The van der Waals surface area contributed by atoms with Crippen molar-refractivity contribution in [3.05, 3.63) is 52.0 Å². The lowest BCUT2D eigenvalue weighted by molar-refractivity contribution is 0.415. The van der Waals surface area contributed by atoms with E-state index < -0.39 is 0 Å². The molecule has 2 N–H and O–H groups in total. The minimum atomic E-state index is 0.431. The molecule has 0 spiro atoms. The third kappa shape index (κ3) is 3.00. The monoisotopic (exact) mass is 334 g/mol. The summed E-state index contributed by atoms with van der Waals surface area (Å²) in [6.07, 6.45) is 1.60. The van der Waals surface area contributed by atoms with Gasteiger partial charge in [0.15, 0.2) is 5.75 Å². The van der Waals surface area contributed by atoms with Crippen LogP contribution in [0.2, 0.25) is 10.0 Å². The van der Waals surface area contributed by atoms with Gasteiger partial charge in [-0.25, -0.2) is 10.4 Å². The molecule has 22 heavy (non-hydrogen) atoms. The number of aromatic nitrogens is 2. The van der Waals surface area contributed by atoms with Crippen LogP contribution in [0.4, 0.5) is 5.95 Å². The first kappa shape index (κ1) is 14.7. The molecule has 0 atom stereocenters. The summed E-state index contributed by atoms with van der Waals surface area (Å²) in [4.78, 5) is 7.47. The number of benzene rings is 2. The van der Waals surface area contributed by atoms with Crippen LogP contribution in [0.25, 0.3) is 11.0 Å². The van der Waals surface area contributed by atoms with Crippen LogP contribution in [0.1, 0.15) is 5.56 Å². The smallest absolute Gasteiger partial charge is 0.222 e. The Labute approximate surface area is 136 Å². The van der Waals surface area contributed by atoms with Crippen molar-refractivity contribution in [1.29, 1.82) is 0 Å². The largest absolute Gasteiger partial charge is 0.494 e. The van der Waals surface area contributed by atoms with Crippen molar-refractivity contribution in [3.63, 3.8) is 0 Å². The van der Waals surface area contributed by atoms with Crippen molar-refractivity contribution in [3.8, 4) is 5.75 Å². The predicted molar refractivity (Wildman–Crippen MR) is 90.3 cm³/mol. The van der Waals surface area contributed by atoms with Crippen molar-refractivity contribution >= 4 is 46.4 Å². The second kappa shape index (κ2) is 6.25. The summed E-state index contributed by atoms with van der Waals surface area (Å²) in [6, 6.07) is 11.2. The van der Waals surface area contributed by atoms with Gasteiger partial charge in [-0.15, -0.1) is 0 Å². The lowest BCUT2D eigenvalue weighted by Gasteiger charge is -2.06. The number of aromatic amines is 1. The Kier molecular flexibility index (Phi) is 4.18. The fraction of sp³-hybridized carbons (Fsp3) is 0.0667. The molecule has 0 bridgehead atoms.